The van der Waals surface area contributed by atoms with Gasteiger partial charge in [0.15, 0.2) is 0 Å². The van der Waals surface area contributed by atoms with E-state index in [1.54, 1.807) is 6.33 Å². The Labute approximate surface area is 160 Å². The number of nitrogens with two attached hydrogens (primary N) is 2. The van der Waals surface area contributed by atoms with Crippen LogP contribution < -0.4 is 21.5 Å². The summed E-state index contributed by atoms with van der Waals surface area (Å²) in [5, 5.41) is 3.38. The molecule has 0 bridgehead atoms. The Balaban J connectivity index is 1.76. The lowest BCUT2D eigenvalue weighted by Crippen LogP contribution is -2.32. The highest BCUT2D eigenvalue weighted by molar-refractivity contribution is 5.82. The second-order valence-electron chi connectivity index (χ2n) is 8.41. The van der Waals surface area contributed by atoms with Gasteiger partial charge in [-0.3, -0.25) is 0 Å². The summed E-state index contributed by atoms with van der Waals surface area (Å²) in [5.41, 5.74) is 17.5. The smallest absolute Gasteiger partial charge is 0.143 e. The van der Waals surface area contributed by atoms with Crippen molar-refractivity contribution in [1.29, 1.82) is 0 Å². The molecule has 0 saturated heterocycles. The molecule has 4 rings (SSSR count). The number of benzene rings is 1. The van der Waals surface area contributed by atoms with Gasteiger partial charge in [-0.15, -0.1) is 0 Å². The third kappa shape index (κ3) is 3.12. The van der Waals surface area contributed by atoms with Gasteiger partial charge < -0.3 is 21.5 Å². The standard InChI is InChI=1S/C21H29N5O/c1-21(2)10-15-14(19-17(21)20(23)26-11-25-19)8-9-16(18(15)24-3)27-13-6-4-12(22)5-7-13/h8-9,11-13,24H,4-7,10,22H2,1-3H3,(H2,23,25,26)/t12-,13-. The lowest BCUT2D eigenvalue weighted by Gasteiger charge is -2.35. The number of rotatable bonds is 3. The zero-order chi connectivity index (χ0) is 19.2. The normalized spacial score (nSPS) is 23.3. The lowest BCUT2D eigenvalue weighted by molar-refractivity contribution is 0.148. The third-order valence-electron chi connectivity index (χ3n) is 5.96. The van der Waals surface area contributed by atoms with Crippen LogP contribution in [0.15, 0.2) is 18.5 Å². The van der Waals surface area contributed by atoms with Crippen LogP contribution >= 0.6 is 0 Å². The van der Waals surface area contributed by atoms with Crippen LogP contribution in [-0.4, -0.2) is 29.2 Å². The molecule has 0 amide bonds. The molecule has 5 N–H and O–H groups in total. The number of aromatic nitrogens is 2. The Morgan fingerprint density at radius 2 is 1.89 bits per heavy atom. The van der Waals surface area contributed by atoms with Crippen molar-refractivity contribution in [2.45, 2.75) is 63.5 Å². The number of nitrogens with zero attached hydrogens (tertiary/aromatic N) is 2. The highest BCUT2D eigenvalue weighted by Crippen LogP contribution is 2.48. The molecule has 0 radical (unpaired) electrons. The molecular weight excluding hydrogens is 338 g/mol. The van der Waals surface area contributed by atoms with Gasteiger partial charge in [0.25, 0.3) is 0 Å². The molecule has 2 aliphatic rings. The van der Waals surface area contributed by atoms with Gasteiger partial charge in [0.1, 0.15) is 17.9 Å². The first-order valence-corrected chi connectivity index (χ1v) is 9.78. The second kappa shape index (κ2) is 6.68. The third-order valence-corrected chi connectivity index (χ3v) is 5.96. The van der Waals surface area contributed by atoms with Crippen molar-refractivity contribution in [3.63, 3.8) is 0 Å². The van der Waals surface area contributed by atoms with Crippen LogP contribution in [0.1, 0.15) is 50.7 Å². The summed E-state index contributed by atoms with van der Waals surface area (Å²) in [5.74, 6) is 1.48. The van der Waals surface area contributed by atoms with Crippen LogP contribution in [0, 0.1) is 0 Å². The molecule has 2 aromatic rings. The molecule has 1 heterocycles. The molecule has 6 heteroatoms. The van der Waals surface area contributed by atoms with Crippen molar-refractivity contribution in [2.75, 3.05) is 18.1 Å². The Morgan fingerprint density at radius 3 is 2.59 bits per heavy atom. The van der Waals surface area contributed by atoms with Crippen molar-refractivity contribution in [1.82, 2.24) is 9.97 Å². The van der Waals surface area contributed by atoms with Gasteiger partial charge >= 0.3 is 0 Å². The number of hydrogen-bond acceptors (Lipinski definition) is 6. The molecule has 1 saturated carbocycles. The van der Waals surface area contributed by atoms with Crippen LogP contribution in [-0.2, 0) is 11.8 Å². The molecule has 0 atom stereocenters. The SMILES string of the molecule is CNc1c(O[C@H]2CC[C@H](N)CC2)ccc2c1CC(C)(C)c1c(N)ncnc1-2. The van der Waals surface area contributed by atoms with E-state index < -0.39 is 0 Å². The van der Waals surface area contributed by atoms with Crippen LogP contribution in [0.5, 0.6) is 5.75 Å². The second-order valence-corrected chi connectivity index (χ2v) is 8.41. The molecule has 1 fully saturated rings. The zero-order valence-corrected chi connectivity index (χ0v) is 16.4. The quantitative estimate of drug-likeness (QED) is 0.770. The molecule has 1 aromatic carbocycles. The minimum atomic E-state index is -0.143. The van der Waals surface area contributed by atoms with Crippen molar-refractivity contribution >= 4 is 11.5 Å². The number of nitrogens with one attached hydrogen (secondary N) is 1. The van der Waals surface area contributed by atoms with E-state index in [1.165, 1.54) is 5.56 Å². The maximum absolute atomic E-state index is 6.40. The molecular formula is C21H29N5O. The van der Waals surface area contributed by atoms with Crippen LogP contribution in [0.25, 0.3) is 11.3 Å². The highest BCUT2D eigenvalue weighted by atomic mass is 16.5. The van der Waals surface area contributed by atoms with Crippen LogP contribution in [0.3, 0.4) is 0 Å². The molecule has 2 aliphatic carbocycles. The predicted molar refractivity (Wildman–Crippen MR) is 109 cm³/mol. The molecule has 144 valence electrons. The number of nitrogen functional groups attached to an aromatic ring is 1. The van der Waals surface area contributed by atoms with E-state index in [-0.39, 0.29) is 11.5 Å². The van der Waals surface area contributed by atoms with Gasteiger partial charge in [-0.1, -0.05) is 13.8 Å². The van der Waals surface area contributed by atoms with Crippen molar-refractivity contribution in [2.24, 2.45) is 5.73 Å². The largest absolute Gasteiger partial charge is 0.488 e. The number of fused-ring (bicyclic) bond motifs is 3. The van der Waals surface area contributed by atoms with Gasteiger partial charge in [-0.2, -0.15) is 0 Å². The topological polar surface area (TPSA) is 99.1 Å². The average molecular weight is 367 g/mol. The monoisotopic (exact) mass is 367 g/mol. The maximum atomic E-state index is 6.40. The summed E-state index contributed by atoms with van der Waals surface area (Å²) in [7, 11) is 1.95. The molecule has 27 heavy (non-hydrogen) atoms. The maximum Gasteiger partial charge on any atom is 0.143 e. The van der Waals surface area contributed by atoms with Gasteiger partial charge in [0.05, 0.1) is 17.5 Å². The first kappa shape index (κ1) is 18.0. The summed E-state index contributed by atoms with van der Waals surface area (Å²) in [6, 6.07) is 4.49. The first-order chi connectivity index (χ1) is 12.9. The molecule has 0 unspecified atom stereocenters. The van der Waals surface area contributed by atoms with Gasteiger partial charge in [-0.25, -0.2) is 9.97 Å². The minimum Gasteiger partial charge on any atom is -0.488 e. The van der Waals surface area contributed by atoms with Gasteiger partial charge in [-0.05, 0) is 55.2 Å². The Morgan fingerprint density at radius 1 is 1.15 bits per heavy atom. The van der Waals surface area contributed by atoms with Crippen molar-refractivity contribution in [3.8, 4) is 17.0 Å². The van der Waals surface area contributed by atoms with E-state index in [4.69, 9.17) is 16.2 Å². The fourth-order valence-corrected chi connectivity index (χ4v) is 4.59. The Bertz CT molecular complexity index is 856. The lowest BCUT2D eigenvalue weighted by atomic mass is 9.71. The summed E-state index contributed by atoms with van der Waals surface area (Å²) >= 11 is 0. The van der Waals surface area contributed by atoms with Gasteiger partial charge in [0, 0.05) is 24.2 Å². The minimum absolute atomic E-state index is 0.143. The number of hydrogen-bond donors (Lipinski definition) is 3. The fourth-order valence-electron chi connectivity index (χ4n) is 4.59. The van der Waals surface area contributed by atoms with E-state index in [0.29, 0.717) is 11.9 Å². The molecule has 6 nitrogen and oxygen atoms in total. The number of anilines is 2. The van der Waals surface area contributed by atoms with E-state index in [1.807, 2.05) is 7.05 Å². The van der Waals surface area contributed by atoms with Crippen molar-refractivity contribution < 1.29 is 4.74 Å². The fraction of sp³-hybridized carbons (Fsp3) is 0.524. The Hall–Kier alpha value is -2.34. The zero-order valence-electron chi connectivity index (χ0n) is 16.4. The summed E-state index contributed by atoms with van der Waals surface area (Å²) < 4.78 is 6.40. The van der Waals surface area contributed by atoms with E-state index in [0.717, 1.165) is 60.4 Å². The van der Waals surface area contributed by atoms with Gasteiger partial charge in [0.2, 0.25) is 0 Å². The van der Waals surface area contributed by atoms with E-state index >= 15 is 0 Å². The first-order valence-electron chi connectivity index (χ1n) is 9.78. The number of ether oxygens (including phenoxy) is 1. The summed E-state index contributed by atoms with van der Waals surface area (Å²) in [6.45, 7) is 4.40. The Kier molecular flexibility index (Phi) is 4.46. The summed E-state index contributed by atoms with van der Waals surface area (Å²) in [6.07, 6.45) is 6.72. The van der Waals surface area contributed by atoms with E-state index in [2.05, 4.69) is 41.3 Å². The summed E-state index contributed by atoms with van der Waals surface area (Å²) in [4.78, 5) is 8.79. The predicted octanol–water partition coefficient (Wildman–Crippen LogP) is 3.25. The van der Waals surface area contributed by atoms with E-state index in [9.17, 15) is 0 Å². The molecule has 0 spiro atoms. The molecule has 1 aromatic heterocycles. The van der Waals surface area contributed by atoms with Crippen molar-refractivity contribution in [3.05, 3.63) is 29.6 Å². The van der Waals surface area contributed by atoms with Crippen LogP contribution in [0.2, 0.25) is 0 Å². The average Bonchev–Trinajstić information content (AvgIpc) is 2.63. The van der Waals surface area contributed by atoms with Crippen LogP contribution in [0.4, 0.5) is 11.5 Å². The molecule has 0 aliphatic heterocycles. The highest BCUT2D eigenvalue weighted by Gasteiger charge is 2.36.